The molecule has 2 N–H and O–H groups in total. The highest BCUT2D eigenvalue weighted by Gasteiger charge is 2.43. The molecule has 0 fully saturated rings. The molecular weight excluding hydrogens is 294 g/mol. The molecule has 124 valence electrons. The van der Waals surface area contributed by atoms with Crippen molar-refractivity contribution >= 4 is 17.7 Å². The van der Waals surface area contributed by atoms with Gasteiger partial charge in [-0.15, -0.1) is 0 Å². The van der Waals surface area contributed by atoms with Gasteiger partial charge in [0, 0.05) is 6.20 Å². The first kappa shape index (κ1) is 17.1. The Hall–Kier alpha value is -2.24. The predicted molar refractivity (Wildman–Crippen MR) is 87.7 cm³/mol. The van der Waals surface area contributed by atoms with Crippen molar-refractivity contribution in [3.05, 3.63) is 29.1 Å². The van der Waals surface area contributed by atoms with Crippen LogP contribution >= 0.6 is 0 Å². The summed E-state index contributed by atoms with van der Waals surface area (Å²) in [6.07, 6.45) is 4.45. The average Bonchev–Trinajstić information content (AvgIpc) is 2.81. The lowest BCUT2D eigenvalue weighted by atomic mass is 9.89. The van der Waals surface area contributed by atoms with Crippen LogP contribution < -0.4 is 5.32 Å². The quantitative estimate of drug-likeness (QED) is 0.843. The van der Waals surface area contributed by atoms with Gasteiger partial charge >= 0.3 is 5.97 Å². The number of carboxylic acid groups (broad SMARTS) is 1. The fraction of sp³-hybridized carbons (Fsp3) is 0.529. The van der Waals surface area contributed by atoms with Crippen LogP contribution in [0.4, 0.5) is 0 Å². The molecular formula is C17H23N3O3. The Kier molecular flexibility index (Phi) is 4.82. The zero-order valence-electron chi connectivity index (χ0n) is 14.0. The summed E-state index contributed by atoms with van der Waals surface area (Å²) < 4.78 is 0. The predicted octanol–water partition coefficient (Wildman–Crippen LogP) is 2.41. The molecule has 1 unspecified atom stereocenters. The summed E-state index contributed by atoms with van der Waals surface area (Å²) in [5, 5.41) is 12.2. The van der Waals surface area contributed by atoms with E-state index in [-0.39, 0.29) is 28.9 Å². The Bertz CT molecular complexity index is 667. The van der Waals surface area contributed by atoms with Gasteiger partial charge < -0.3 is 10.4 Å². The van der Waals surface area contributed by atoms with Crippen LogP contribution in [0.5, 0.6) is 0 Å². The molecule has 1 aliphatic heterocycles. The minimum atomic E-state index is -1.07. The number of carboxylic acids is 1. The number of nitrogens with zero attached hydrogens (tertiary/aromatic N) is 2. The fourth-order valence-electron chi connectivity index (χ4n) is 2.43. The SMILES string of the molecule is CCCCc1cnc(C2=NC(C)(C(C)C)C(=O)N2)c(C(=O)O)c1. The molecule has 1 aliphatic rings. The van der Waals surface area contributed by atoms with Gasteiger partial charge in [-0.1, -0.05) is 27.2 Å². The molecule has 1 atom stereocenters. The first-order chi connectivity index (χ1) is 10.8. The van der Waals surface area contributed by atoms with Crippen LogP contribution in [0.3, 0.4) is 0 Å². The number of carbonyl (C=O) groups excluding carboxylic acids is 1. The van der Waals surface area contributed by atoms with Gasteiger partial charge in [0.05, 0.1) is 5.56 Å². The first-order valence-corrected chi connectivity index (χ1v) is 7.93. The minimum absolute atomic E-state index is 0.00268. The summed E-state index contributed by atoms with van der Waals surface area (Å²) in [5.41, 5.74) is 0.277. The summed E-state index contributed by atoms with van der Waals surface area (Å²) >= 11 is 0. The van der Waals surface area contributed by atoms with Gasteiger partial charge in [-0.2, -0.15) is 0 Å². The topological polar surface area (TPSA) is 91.7 Å². The van der Waals surface area contributed by atoms with Crippen molar-refractivity contribution in [2.75, 3.05) is 0 Å². The Morgan fingerprint density at radius 1 is 1.43 bits per heavy atom. The van der Waals surface area contributed by atoms with Crippen LogP contribution in [0.1, 0.15) is 62.2 Å². The highest BCUT2D eigenvalue weighted by atomic mass is 16.4. The molecule has 0 bridgehead atoms. The third-order valence-electron chi connectivity index (χ3n) is 4.38. The van der Waals surface area contributed by atoms with Crippen molar-refractivity contribution in [1.29, 1.82) is 0 Å². The molecule has 2 heterocycles. The summed E-state index contributed by atoms with van der Waals surface area (Å²) in [7, 11) is 0. The van der Waals surface area contributed by atoms with Crippen molar-refractivity contribution in [3.63, 3.8) is 0 Å². The summed E-state index contributed by atoms with van der Waals surface area (Å²) in [6, 6.07) is 1.63. The number of aliphatic imine (C=N–C) groups is 1. The van der Waals surface area contributed by atoms with Crippen LogP contribution in [-0.2, 0) is 11.2 Å². The smallest absolute Gasteiger partial charge is 0.338 e. The van der Waals surface area contributed by atoms with Gasteiger partial charge in [-0.05, 0) is 37.3 Å². The van der Waals surface area contributed by atoms with Crippen LogP contribution in [-0.4, -0.2) is 33.3 Å². The van der Waals surface area contributed by atoms with Crippen molar-refractivity contribution in [2.45, 2.75) is 52.5 Å². The van der Waals surface area contributed by atoms with Gasteiger partial charge in [0.15, 0.2) is 5.84 Å². The van der Waals surface area contributed by atoms with Gasteiger partial charge in [0.1, 0.15) is 11.2 Å². The second-order valence-corrected chi connectivity index (χ2v) is 6.37. The van der Waals surface area contributed by atoms with E-state index in [1.807, 2.05) is 13.8 Å². The highest BCUT2D eigenvalue weighted by Crippen LogP contribution is 2.27. The monoisotopic (exact) mass is 317 g/mol. The third kappa shape index (κ3) is 3.25. The molecule has 6 heteroatoms. The molecule has 1 aromatic rings. The van der Waals surface area contributed by atoms with E-state index in [9.17, 15) is 14.7 Å². The van der Waals surface area contributed by atoms with Gasteiger partial charge in [-0.25, -0.2) is 9.79 Å². The van der Waals surface area contributed by atoms with E-state index in [0.717, 1.165) is 24.8 Å². The number of hydrogen-bond acceptors (Lipinski definition) is 4. The number of aryl methyl sites for hydroxylation is 1. The van der Waals surface area contributed by atoms with E-state index in [2.05, 4.69) is 22.2 Å². The highest BCUT2D eigenvalue weighted by molar-refractivity contribution is 6.17. The van der Waals surface area contributed by atoms with Crippen molar-refractivity contribution < 1.29 is 14.7 Å². The number of rotatable bonds is 6. The molecule has 2 rings (SSSR count). The molecule has 6 nitrogen and oxygen atoms in total. The normalized spacial score (nSPS) is 20.6. The summed E-state index contributed by atoms with van der Waals surface area (Å²) in [5.74, 6) is -1.06. The van der Waals surface area contributed by atoms with E-state index in [1.165, 1.54) is 0 Å². The third-order valence-corrected chi connectivity index (χ3v) is 4.38. The van der Waals surface area contributed by atoms with Crippen LogP contribution in [0.2, 0.25) is 0 Å². The first-order valence-electron chi connectivity index (χ1n) is 7.93. The Morgan fingerprint density at radius 3 is 2.65 bits per heavy atom. The van der Waals surface area contributed by atoms with Gasteiger partial charge in [-0.3, -0.25) is 9.78 Å². The number of carbonyl (C=O) groups is 2. The van der Waals surface area contributed by atoms with E-state index in [4.69, 9.17) is 0 Å². The maximum absolute atomic E-state index is 12.2. The van der Waals surface area contributed by atoms with E-state index < -0.39 is 11.5 Å². The van der Waals surface area contributed by atoms with Gasteiger partial charge in [0.2, 0.25) is 0 Å². The Morgan fingerprint density at radius 2 is 2.13 bits per heavy atom. The lowest BCUT2D eigenvalue weighted by Gasteiger charge is -2.21. The van der Waals surface area contributed by atoms with Crippen LogP contribution in [0, 0.1) is 5.92 Å². The Labute approximate surface area is 136 Å². The molecule has 0 saturated carbocycles. The maximum Gasteiger partial charge on any atom is 0.338 e. The number of nitrogens with one attached hydrogen (secondary N) is 1. The lowest BCUT2D eigenvalue weighted by molar-refractivity contribution is -0.124. The largest absolute Gasteiger partial charge is 0.478 e. The average molecular weight is 317 g/mol. The molecule has 1 amide bonds. The lowest BCUT2D eigenvalue weighted by Crippen LogP contribution is -2.41. The van der Waals surface area contributed by atoms with Crippen LogP contribution in [0.15, 0.2) is 17.3 Å². The zero-order valence-corrected chi connectivity index (χ0v) is 14.0. The van der Waals surface area contributed by atoms with Crippen LogP contribution in [0.25, 0.3) is 0 Å². The fourth-order valence-corrected chi connectivity index (χ4v) is 2.43. The minimum Gasteiger partial charge on any atom is -0.478 e. The van der Waals surface area contributed by atoms with E-state index >= 15 is 0 Å². The number of amides is 1. The van der Waals surface area contributed by atoms with Gasteiger partial charge in [0.25, 0.3) is 5.91 Å². The summed E-state index contributed by atoms with van der Waals surface area (Å²) in [4.78, 5) is 32.5. The number of hydrogen-bond donors (Lipinski definition) is 2. The van der Waals surface area contributed by atoms with Crippen molar-refractivity contribution in [3.8, 4) is 0 Å². The molecule has 0 aromatic carbocycles. The van der Waals surface area contributed by atoms with Crippen molar-refractivity contribution in [1.82, 2.24) is 10.3 Å². The number of aromatic carboxylic acids is 1. The zero-order chi connectivity index (χ0) is 17.2. The molecule has 1 aromatic heterocycles. The molecule has 0 saturated heterocycles. The maximum atomic E-state index is 12.2. The molecule has 0 radical (unpaired) electrons. The molecule has 23 heavy (non-hydrogen) atoms. The van der Waals surface area contributed by atoms with Crippen molar-refractivity contribution in [2.24, 2.45) is 10.9 Å². The summed E-state index contributed by atoms with van der Waals surface area (Å²) in [6.45, 7) is 7.64. The number of unbranched alkanes of at least 4 members (excludes halogenated alkanes) is 1. The number of aromatic nitrogens is 1. The Balaban J connectivity index is 2.44. The second-order valence-electron chi connectivity index (χ2n) is 6.37. The van der Waals surface area contributed by atoms with E-state index in [1.54, 1.807) is 19.2 Å². The second kappa shape index (κ2) is 6.48. The molecule has 0 spiro atoms. The number of amidine groups is 1. The molecule has 0 aliphatic carbocycles. The standard InChI is InChI=1S/C17H23N3O3/c1-5-6-7-11-8-12(15(21)22)13(18-9-11)14-19-16(23)17(4,20-14)10(2)3/h8-10H,5-7H2,1-4H3,(H,21,22)(H,19,20,23). The van der Waals surface area contributed by atoms with E-state index in [0.29, 0.717) is 0 Å². The number of pyridine rings is 1.